The molecule has 0 saturated carbocycles. The molecule has 2 aromatic rings. The van der Waals surface area contributed by atoms with Crippen LogP contribution in [0.25, 0.3) is 0 Å². The summed E-state index contributed by atoms with van der Waals surface area (Å²) >= 11 is 2.95. The maximum absolute atomic E-state index is 13.7. The van der Waals surface area contributed by atoms with Crippen molar-refractivity contribution in [2.24, 2.45) is 0 Å². The molecule has 0 amide bonds. The molecule has 0 unspecified atom stereocenters. The van der Waals surface area contributed by atoms with Crippen molar-refractivity contribution >= 4 is 21.6 Å². The fourth-order valence-corrected chi connectivity index (χ4v) is 2.04. The minimum atomic E-state index is -1.08. The largest absolute Gasteiger partial charge is 0.450 e. The van der Waals surface area contributed by atoms with E-state index in [1.165, 1.54) is 18.2 Å². The Balaban J connectivity index is 2.47. The van der Waals surface area contributed by atoms with E-state index in [0.717, 1.165) is 12.1 Å². The fourth-order valence-electron chi connectivity index (χ4n) is 1.55. The van der Waals surface area contributed by atoms with Crippen molar-refractivity contribution < 1.29 is 18.4 Å². The molecule has 0 N–H and O–H groups in total. The Morgan fingerprint density at radius 2 is 1.90 bits per heavy atom. The Bertz CT molecular complexity index is 751. The van der Waals surface area contributed by atoms with Crippen molar-refractivity contribution in [3.8, 4) is 17.6 Å². The highest BCUT2D eigenvalue weighted by atomic mass is 79.9. The first-order valence-electron chi connectivity index (χ1n) is 5.44. The first-order valence-corrected chi connectivity index (χ1v) is 6.23. The topological polar surface area (TPSA) is 76.2 Å². The molecular weight excluding hydrogens is 350 g/mol. The number of nitriles is 1. The van der Waals surface area contributed by atoms with E-state index < -0.39 is 22.3 Å². The minimum Gasteiger partial charge on any atom is -0.450 e. The Kier molecular flexibility index (Phi) is 4.14. The van der Waals surface area contributed by atoms with Crippen LogP contribution in [0.15, 0.2) is 34.8 Å². The number of hydrogen-bond acceptors (Lipinski definition) is 4. The summed E-state index contributed by atoms with van der Waals surface area (Å²) in [6.45, 7) is 0. The molecule has 0 bridgehead atoms. The number of rotatable bonds is 3. The van der Waals surface area contributed by atoms with Crippen LogP contribution in [0.5, 0.6) is 11.5 Å². The van der Waals surface area contributed by atoms with Gasteiger partial charge in [0, 0.05) is 6.07 Å². The third kappa shape index (κ3) is 2.98. The molecule has 0 aliphatic heterocycles. The van der Waals surface area contributed by atoms with E-state index in [1.54, 1.807) is 6.07 Å². The third-order valence-electron chi connectivity index (χ3n) is 2.48. The molecule has 0 aromatic heterocycles. The second-order valence-corrected chi connectivity index (χ2v) is 4.62. The van der Waals surface area contributed by atoms with Gasteiger partial charge in [-0.15, -0.1) is 0 Å². The molecule has 2 aromatic carbocycles. The van der Waals surface area contributed by atoms with E-state index in [-0.39, 0.29) is 21.5 Å². The average molecular weight is 355 g/mol. The molecule has 8 heteroatoms. The maximum atomic E-state index is 13.7. The van der Waals surface area contributed by atoms with Crippen LogP contribution >= 0.6 is 15.9 Å². The summed E-state index contributed by atoms with van der Waals surface area (Å²) in [6.07, 6.45) is 0. The van der Waals surface area contributed by atoms with Gasteiger partial charge in [-0.2, -0.15) is 5.26 Å². The first kappa shape index (κ1) is 14.9. The second-order valence-electron chi connectivity index (χ2n) is 3.83. The fraction of sp³-hybridized carbons (Fsp3) is 0. The van der Waals surface area contributed by atoms with Gasteiger partial charge in [-0.1, -0.05) is 6.07 Å². The van der Waals surface area contributed by atoms with Crippen molar-refractivity contribution in [1.82, 2.24) is 0 Å². The van der Waals surface area contributed by atoms with Crippen molar-refractivity contribution in [3.05, 3.63) is 62.1 Å². The van der Waals surface area contributed by atoms with Gasteiger partial charge >= 0.3 is 0 Å². The molecule has 0 radical (unpaired) electrons. The Morgan fingerprint density at radius 3 is 2.43 bits per heavy atom. The molecule has 0 saturated heterocycles. The number of halogens is 3. The first-order chi connectivity index (χ1) is 9.93. The normalized spacial score (nSPS) is 10.0. The number of ether oxygens (including phenoxy) is 1. The molecule has 0 atom stereocenters. The van der Waals surface area contributed by atoms with Crippen molar-refractivity contribution in [2.45, 2.75) is 0 Å². The van der Waals surface area contributed by atoms with Gasteiger partial charge in [-0.25, -0.2) is 8.78 Å². The molecule has 0 spiro atoms. The van der Waals surface area contributed by atoms with Crippen LogP contribution in [0.2, 0.25) is 0 Å². The van der Waals surface area contributed by atoms with Crippen LogP contribution < -0.4 is 4.74 Å². The van der Waals surface area contributed by atoms with E-state index in [0.29, 0.717) is 0 Å². The standard InChI is InChI=1S/C13H5BrF2N2O3/c14-12-10(18(19)20)2-1-3-11(12)21-13-8(15)4-7(6-17)5-9(13)16/h1-5H. The van der Waals surface area contributed by atoms with E-state index in [2.05, 4.69) is 15.9 Å². The summed E-state index contributed by atoms with van der Waals surface area (Å²) in [4.78, 5) is 10.1. The highest BCUT2D eigenvalue weighted by Crippen LogP contribution is 2.38. The summed E-state index contributed by atoms with van der Waals surface area (Å²) in [5.41, 5.74) is -0.502. The Labute approximate surface area is 125 Å². The lowest BCUT2D eigenvalue weighted by molar-refractivity contribution is -0.385. The number of hydrogen-bond donors (Lipinski definition) is 0. The highest BCUT2D eigenvalue weighted by molar-refractivity contribution is 9.10. The van der Waals surface area contributed by atoms with Gasteiger partial charge in [0.2, 0.25) is 0 Å². The van der Waals surface area contributed by atoms with Crippen LogP contribution in [0.3, 0.4) is 0 Å². The monoisotopic (exact) mass is 354 g/mol. The van der Waals surface area contributed by atoms with E-state index in [4.69, 9.17) is 10.00 Å². The van der Waals surface area contributed by atoms with E-state index in [9.17, 15) is 18.9 Å². The van der Waals surface area contributed by atoms with Gasteiger partial charge < -0.3 is 4.74 Å². The van der Waals surface area contributed by atoms with Crippen molar-refractivity contribution in [1.29, 1.82) is 5.26 Å². The zero-order chi connectivity index (χ0) is 15.6. The summed E-state index contributed by atoms with van der Waals surface area (Å²) in [5, 5.41) is 19.4. The second kappa shape index (κ2) is 5.85. The molecule has 106 valence electrons. The molecule has 0 fully saturated rings. The average Bonchev–Trinajstić information content (AvgIpc) is 2.43. The van der Waals surface area contributed by atoms with Crippen LogP contribution in [0.1, 0.15) is 5.56 Å². The maximum Gasteiger partial charge on any atom is 0.287 e. The van der Waals surface area contributed by atoms with E-state index >= 15 is 0 Å². The Morgan fingerprint density at radius 1 is 1.29 bits per heavy atom. The van der Waals surface area contributed by atoms with Crippen LogP contribution in [-0.2, 0) is 0 Å². The van der Waals surface area contributed by atoms with Gasteiger partial charge in [0.05, 0.1) is 16.6 Å². The van der Waals surface area contributed by atoms with Gasteiger partial charge in [-0.05, 0) is 34.1 Å². The number of nitro groups is 1. The number of nitro benzene ring substituents is 1. The predicted molar refractivity (Wildman–Crippen MR) is 71.9 cm³/mol. The summed E-state index contributed by atoms with van der Waals surface area (Å²) in [5.74, 6) is -3.02. The van der Waals surface area contributed by atoms with Gasteiger partial charge in [0.1, 0.15) is 10.2 Å². The minimum absolute atomic E-state index is 0.0434. The zero-order valence-electron chi connectivity index (χ0n) is 10.1. The lowest BCUT2D eigenvalue weighted by atomic mass is 10.2. The van der Waals surface area contributed by atoms with Crippen LogP contribution in [0, 0.1) is 33.1 Å². The molecule has 0 heterocycles. The number of benzene rings is 2. The molecule has 0 aliphatic carbocycles. The van der Waals surface area contributed by atoms with Gasteiger partial charge in [0.15, 0.2) is 17.4 Å². The summed E-state index contributed by atoms with van der Waals surface area (Å²) < 4.78 is 32.4. The van der Waals surface area contributed by atoms with Crippen molar-refractivity contribution in [3.63, 3.8) is 0 Å². The smallest absolute Gasteiger partial charge is 0.287 e. The lowest BCUT2D eigenvalue weighted by Gasteiger charge is -2.09. The molecule has 21 heavy (non-hydrogen) atoms. The lowest BCUT2D eigenvalue weighted by Crippen LogP contribution is -1.96. The number of nitrogens with zero attached hydrogens (tertiary/aromatic N) is 2. The predicted octanol–water partition coefficient (Wildman–Crippen LogP) is 4.30. The van der Waals surface area contributed by atoms with E-state index in [1.807, 2.05) is 0 Å². The van der Waals surface area contributed by atoms with Crippen molar-refractivity contribution in [2.75, 3.05) is 0 Å². The van der Waals surface area contributed by atoms with Gasteiger partial charge in [-0.3, -0.25) is 10.1 Å². The van der Waals surface area contributed by atoms with Crippen LogP contribution in [-0.4, -0.2) is 4.92 Å². The molecule has 0 aliphatic rings. The SMILES string of the molecule is N#Cc1cc(F)c(Oc2cccc([N+](=O)[O-])c2Br)c(F)c1. The molecule has 2 rings (SSSR count). The van der Waals surface area contributed by atoms with Crippen LogP contribution in [0.4, 0.5) is 14.5 Å². The third-order valence-corrected chi connectivity index (χ3v) is 3.28. The van der Waals surface area contributed by atoms with Gasteiger partial charge in [0.25, 0.3) is 5.69 Å². The summed E-state index contributed by atoms with van der Waals surface area (Å²) in [6, 6.07) is 7.06. The molecular formula is C13H5BrF2N2O3. The highest BCUT2D eigenvalue weighted by Gasteiger charge is 2.20. The molecule has 5 nitrogen and oxygen atoms in total. The summed E-state index contributed by atoms with van der Waals surface area (Å²) in [7, 11) is 0. The Hall–Kier alpha value is -2.53. The quantitative estimate of drug-likeness (QED) is 0.608. The zero-order valence-corrected chi connectivity index (χ0v) is 11.7.